The van der Waals surface area contributed by atoms with Gasteiger partial charge in [0.1, 0.15) is 0 Å². The molecule has 0 radical (unpaired) electrons. The predicted octanol–water partition coefficient (Wildman–Crippen LogP) is 2.03. The van der Waals surface area contributed by atoms with E-state index in [2.05, 4.69) is 47.2 Å². The zero-order valence-corrected chi connectivity index (χ0v) is 15.4. The first-order chi connectivity index (χ1) is 13.8. The van der Waals surface area contributed by atoms with Crippen LogP contribution in [-0.4, -0.2) is 58.6 Å². The van der Waals surface area contributed by atoms with E-state index in [9.17, 15) is 0 Å². The highest BCUT2D eigenvalue weighted by atomic mass is 16.6. The largest absolute Gasteiger partial charge is 0.378 e. The first kappa shape index (κ1) is 16.8. The Hall–Kier alpha value is -3.33. The molecule has 28 heavy (non-hydrogen) atoms. The second-order valence-corrected chi connectivity index (χ2v) is 6.72. The van der Waals surface area contributed by atoms with Crippen LogP contribution in [-0.2, 0) is 11.3 Å². The molecular formula is C19H19N7O2. The SMILES string of the molecule is CN(Cc1cccc2ncccc12)c1nc2nonc2nc1N1CCOCC1. The topological polar surface area (TPSA) is 93.3 Å². The second kappa shape index (κ2) is 7.01. The lowest BCUT2D eigenvalue weighted by atomic mass is 10.1. The van der Waals surface area contributed by atoms with Crippen LogP contribution >= 0.6 is 0 Å². The molecular weight excluding hydrogens is 358 g/mol. The number of fused-ring (bicyclic) bond motifs is 2. The van der Waals surface area contributed by atoms with Crippen molar-refractivity contribution in [3.8, 4) is 0 Å². The highest BCUT2D eigenvalue weighted by molar-refractivity contribution is 5.82. The molecule has 4 aromatic rings. The van der Waals surface area contributed by atoms with Crippen LogP contribution in [0.15, 0.2) is 41.2 Å². The van der Waals surface area contributed by atoms with Gasteiger partial charge in [-0.15, -0.1) is 0 Å². The number of hydrogen-bond donors (Lipinski definition) is 0. The van der Waals surface area contributed by atoms with Crippen LogP contribution < -0.4 is 9.80 Å². The predicted molar refractivity (Wildman–Crippen MR) is 104 cm³/mol. The average Bonchev–Trinajstić information content (AvgIpc) is 3.21. The monoisotopic (exact) mass is 377 g/mol. The van der Waals surface area contributed by atoms with Crippen molar-refractivity contribution in [1.82, 2.24) is 25.3 Å². The van der Waals surface area contributed by atoms with Crippen LogP contribution in [0.1, 0.15) is 5.56 Å². The molecule has 5 rings (SSSR count). The van der Waals surface area contributed by atoms with Crippen LogP contribution in [0.5, 0.6) is 0 Å². The molecule has 1 aliphatic rings. The van der Waals surface area contributed by atoms with Gasteiger partial charge in [0.15, 0.2) is 11.6 Å². The molecule has 0 aliphatic carbocycles. The molecule has 0 bridgehead atoms. The molecule has 0 spiro atoms. The quantitative estimate of drug-likeness (QED) is 0.529. The van der Waals surface area contributed by atoms with E-state index in [4.69, 9.17) is 9.37 Å². The minimum absolute atomic E-state index is 0.401. The summed E-state index contributed by atoms with van der Waals surface area (Å²) in [6.45, 7) is 3.49. The molecule has 3 aromatic heterocycles. The Kier molecular flexibility index (Phi) is 4.21. The summed E-state index contributed by atoms with van der Waals surface area (Å²) in [6.07, 6.45) is 1.81. The summed E-state index contributed by atoms with van der Waals surface area (Å²) in [5.41, 5.74) is 2.96. The van der Waals surface area contributed by atoms with E-state index in [-0.39, 0.29) is 0 Å². The fourth-order valence-electron chi connectivity index (χ4n) is 3.50. The highest BCUT2D eigenvalue weighted by Crippen LogP contribution is 2.29. The van der Waals surface area contributed by atoms with Gasteiger partial charge in [-0.3, -0.25) is 4.98 Å². The van der Waals surface area contributed by atoms with Crippen molar-refractivity contribution in [3.63, 3.8) is 0 Å². The Balaban J connectivity index is 1.55. The van der Waals surface area contributed by atoms with E-state index in [1.807, 2.05) is 31.4 Å². The van der Waals surface area contributed by atoms with Crippen LogP contribution in [0, 0.1) is 0 Å². The van der Waals surface area contributed by atoms with Gasteiger partial charge in [0.2, 0.25) is 11.3 Å². The van der Waals surface area contributed by atoms with E-state index < -0.39 is 0 Å². The van der Waals surface area contributed by atoms with Crippen LogP contribution in [0.25, 0.3) is 22.2 Å². The molecule has 1 saturated heterocycles. The Morgan fingerprint density at radius 1 is 1.04 bits per heavy atom. The molecule has 0 N–H and O–H groups in total. The van der Waals surface area contributed by atoms with Crippen molar-refractivity contribution >= 4 is 33.8 Å². The van der Waals surface area contributed by atoms with Gasteiger partial charge in [-0.05, 0) is 28.0 Å². The zero-order chi connectivity index (χ0) is 18.9. The zero-order valence-electron chi connectivity index (χ0n) is 15.4. The van der Waals surface area contributed by atoms with Gasteiger partial charge in [0, 0.05) is 38.3 Å². The lowest BCUT2D eigenvalue weighted by Gasteiger charge is -2.31. The number of hydrogen-bond acceptors (Lipinski definition) is 9. The van der Waals surface area contributed by atoms with Gasteiger partial charge in [0.25, 0.3) is 0 Å². The number of anilines is 2. The molecule has 1 aliphatic heterocycles. The maximum absolute atomic E-state index is 5.48. The number of rotatable bonds is 4. The number of nitrogens with zero attached hydrogens (tertiary/aromatic N) is 7. The normalized spacial score (nSPS) is 14.7. The number of aromatic nitrogens is 5. The first-order valence-corrected chi connectivity index (χ1v) is 9.16. The van der Waals surface area contributed by atoms with E-state index in [1.54, 1.807) is 0 Å². The molecule has 9 nitrogen and oxygen atoms in total. The van der Waals surface area contributed by atoms with E-state index in [0.717, 1.165) is 35.6 Å². The van der Waals surface area contributed by atoms with Crippen LogP contribution in [0.2, 0.25) is 0 Å². The molecule has 0 unspecified atom stereocenters. The summed E-state index contributed by atoms with van der Waals surface area (Å²) < 4.78 is 10.3. The molecule has 1 aromatic carbocycles. The summed E-state index contributed by atoms with van der Waals surface area (Å²) in [5.74, 6) is 1.51. The Morgan fingerprint density at radius 3 is 2.71 bits per heavy atom. The van der Waals surface area contributed by atoms with E-state index in [0.29, 0.717) is 31.1 Å². The van der Waals surface area contributed by atoms with Crippen LogP contribution in [0.4, 0.5) is 11.6 Å². The summed E-state index contributed by atoms with van der Waals surface area (Å²) in [7, 11) is 2.00. The lowest BCUT2D eigenvalue weighted by Crippen LogP contribution is -2.38. The third-order valence-corrected chi connectivity index (χ3v) is 4.89. The number of ether oxygens (including phenoxy) is 1. The van der Waals surface area contributed by atoms with E-state index >= 15 is 0 Å². The van der Waals surface area contributed by atoms with Crippen molar-refractivity contribution in [2.45, 2.75) is 6.54 Å². The van der Waals surface area contributed by atoms with Gasteiger partial charge in [0.05, 0.1) is 18.7 Å². The van der Waals surface area contributed by atoms with Gasteiger partial charge < -0.3 is 14.5 Å². The van der Waals surface area contributed by atoms with Crippen molar-refractivity contribution in [2.75, 3.05) is 43.2 Å². The third-order valence-electron chi connectivity index (χ3n) is 4.89. The number of morpholine rings is 1. The summed E-state index contributed by atoms with van der Waals surface area (Å²) >= 11 is 0. The maximum Gasteiger partial charge on any atom is 0.245 e. The fourth-order valence-corrected chi connectivity index (χ4v) is 3.50. The first-order valence-electron chi connectivity index (χ1n) is 9.16. The van der Waals surface area contributed by atoms with Gasteiger partial charge in [-0.1, -0.05) is 18.2 Å². The molecule has 4 heterocycles. The minimum Gasteiger partial charge on any atom is -0.378 e. The average molecular weight is 377 g/mol. The van der Waals surface area contributed by atoms with Gasteiger partial charge in [-0.25, -0.2) is 14.6 Å². The summed E-state index contributed by atoms with van der Waals surface area (Å²) in [4.78, 5) is 18.0. The Bertz CT molecular complexity index is 1120. The molecule has 0 amide bonds. The Morgan fingerprint density at radius 2 is 1.86 bits per heavy atom. The third kappa shape index (κ3) is 2.99. The Labute approximate surface area is 160 Å². The molecule has 142 valence electrons. The standard InChI is InChI=1S/C19H19N7O2/c1-25(12-13-4-2-6-15-14(13)5-3-7-20-15)18-19(26-8-10-27-11-9-26)22-17-16(21-18)23-28-24-17/h2-7H,8-12H2,1H3. The summed E-state index contributed by atoms with van der Waals surface area (Å²) in [6, 6.07) is 10.2. The fraction of sp³-hybridized carbons (Fsp3) is 0.316. The molecule has 0 atom stereocenters. The minimum atomic E-state index is 0.401. The van der Waals surface area contributed by atoms with Gasteiger partial charge in [-0.2, -0.15) is 0 Å². The molecule has 9 heteroatoms. The van der Waals surface area contributed by atoms with E-state index in [1.165, 1.54) is 5.56 Å². The maximum atomic E-state index is 5.48. The smallest absolute Gasteiger partial charge is 0.245 e. The highest BCUT2D eigenvalue weighted by Gasteiger charge is 2.23. The number of benzene rings is 1. The van der Waals surface area contributed by atoms with Crippen molar-refractivity contribution in [1.29, 1.82) is 0 Å². The van der Waals surface area contributed by atoms with Gasteiger partial charge >= 0.3 is 0 Å². The van der Waals surface area contributed by atoms with Crippen molar-refractivity contribution in [2.24, 2.45) is 0 Å². The summed E-state index contributed by atoms with van der Waals surface area (Å²) in [5, 5.41) is 8.85. The second-order valence-electron chi connectivity index (χ2n) is 6.72. The van der Waals surface area contributed by atoms with Crippen LogP contribution in [0.3, 0.4) is 0 Å². The molecule has 1 fully saturated rings. The lowest BCUT2D eigenvalue weighted by molar-refractivity contribution is 0.122. The van der Waals surface area contributed by atoms with Crippen molar-refractivity contribution < 1.29 is 9.37 Å². The van der Waals surface area contributed by atoms with Crippen molar-refractivity contribution in [3.05, 3.63) is 42.1 Å². The molecule has 0 saturated carbocycles. The number of pyridine rings is 1.